The van der Waals surface area contributed by atoms with Gasteiger partial charge < -0.3 is 19.6 Å². The minimum Gasteiger partial charge on any atom is -0.476 e. The van der Waals surface area contributed by atoms with Gasteiger partial charge in [-0.2, -0.15) is 0 Å². The second-order valence-electron chi connectivity index (χ2n) is 4.74. The molecular weight excluding hydrogens is 240 g/mol. The Bertz CT molecular complexity index is 447. The van der Waals surface area contributed by atoms with Crippen molar-refractivity contribution in [2.24, 2.45) is 0 Å². The van der Waals surface area contributed by atoms with Gasteiger partial charge in [0, 0.05) is 0 Å². The molecule has 18 heavy (non-hydrogen) atoms. The van der Waals surface area contributed by atoms with Crippen LogP contribution in [0.15, 0.2) is 10.8 Å². The molecule has 1 heterocycles. The van der Waals surface area contributed by atoms with Gasteiger partial charge in [0.15, 0.2) is 17.8 Å². The zero-order valence-corrected chi connectivity index (χ0v) is 10.7. The van der Waals surface area contributed by atoms with Gasteiger partial charge in [-0.1, -0.05) is 0 Å². The number of carboxylic acid groups (broad SMARTS) is 1. The highest BCUT2D eigenvalue weighted by Crippen LogP contribution is 2.17. The Morgan fingerprint density at radius 3 is 2.61 bits per heavy atom. The van der Waals surface area contributed by atoms with E-state index in [9.17, 15) is 9.59 Å². The topological polar surface area (TPSA) is 102 Å². The van der Waals surface area contributed by atoms with Crippen molar-refractivity contribution in [1.82, 2.24) is 10.3 Å². The van der Waals surface area contributed by atoms with Gasteiger partial charge in [-0.25, -0.2) is 14.6 Å². The van der Waals surface area contributed by atoms with E-state index in [0.29, 0.717) is 0 Å². The molecule has 7 nitrogen and oxygen atoms in total. The third-order valence-corrected chi connectivity index (χ3v) is 1.92. The summed E-state index contributed by atoms with van der Waals surface area (Å²) < 4.78 is 10.0. The zero-order valence-electron chi connectivity index (χ0n) is 10.7. The summed E-state index contributed by atoms with van der Waals surface area (Å²) in [6.07, 6.45) is 0.370. The number of aromatic carboxylic acids is 1. The van der Waals surface area contributed by atoms with Crippen molar-refractivity contribution in [2.45, 2.75) is 39.3 Å². The van der Waals surface area contributed by atoms with E-state index >= 15 is 0 Å². The number of hydrogen-bond donors (Lipinski definition) is 2. The maximum Gasteiger partial charge on any atom is 0.408 e. The molecule has 1 rings (SSSR count). The summed E-state index contributed by atoms with van der Waals surface area (Å²) in [6.45, 7) is 6.77. The second-order valence-corrected chi connectivity index (χ2v) is 4.74. The van der Waals surface area contributed by atoms with Crippen LogP contribution >= 0.6 is 0 Å². The summed E-state index contributed by atoms with van der Waals surface area (Å²) in [6, 6.07) is -0.645. The van der Waals surface area contributed by atoms with E-state index in [0.717, 1.165) is 6.39 Å². The Labute approximate surface area is 104 Å². The molecule has 0 aromatic carbocycles. The van der Waals surface area contributed by atoms with E-state index < -0.39 is 23.7 Å². The van der Waals surface area contributed by atoms with Gasteiger partial charge in [0.05, 0.1) is 6.04 Å². The van der Waals surface area contributed by atoms with Crippen LogP contribution in [0.25, 0.3) is 0 Å². The fourth-order valence-electron chi connectivity index (χ4n) is 1.27. The van der Waals surface area contributed by atoms with Gasteiger partial charge in [-0.3, -0.25) is 0 Å². The van der Waals surface area contributed by atoms with Gasteiger partial charge in [0.25, 0.3) is 0 Å². The Balaban J connectivity index is 2.71. The first kappa shape index (κ1) is 14.0. The van der Waals surface area contributed by atoms with Crippen LogP contribution in [0, 0.1) is 0 Å². The number of carbonyl (C=O) groups excluding carboxylic acids is 1. The molecule has 1 aromatic rings. The average Bonchev–Trinajstić information content (AvgIpc) is 2.61. The number of amides is 1. The van der Waals surface area contributed by atoms with Crippen molar-refractivity contribution >= 4 is 12.1 Å². The number of alkyl carbamates (subject to hydrolysis) is 1. The number of nitrogens with zero attached hydrogens (tertiary/aromatic N) is 1. The molecule has 1 aromatic heterocycles. The van der Waals surface area contributed by atoms with Crippen LogP contribution in [0.2, 0.25) is 0 Å². The molecule has 100 valence electrons. The molecule has 7 heteroatoms. The number of aromatic nitrogens is 1. The Morgan fingerprint density at radius 2 is 2.11 bits per heavy atom. The van der Waals surface area contributed by atoms with Crippen LogP contribution in [0.1, 0.15) is 50.0 Å². The van der Waals surface area contributed by atoms with Gasteiger partial charge in [-0.05, 0) is 27.7 Å². The predicted octanol–water partition coefficient (Wildman–Crippen LogP) is 1.96. The Hall–Kier alpha value is -2.05. The molecule has 0 bridgehead atoms. The lowest BCUT2D eigenvalue weighted by molar-refractivity contribution is 0.0498. The number of rotatable bonds is 3. The molecule has 0 aliphatic carbocycles. The Morgan fingerprint density at radius 1 is 1.50 bits per heavy atom. The normalized spacial score (nSPS) is 12.9. The van der Waals surface area contributed by atoms with E-state index in [4.69, 9.17) is 14.3 Å². The molecule has 0 unspecified atom stereocenters. The Kier molecular flexibility index (Phi) is 3.95. The van der Waals surface area contributed by atoms with Crippen LogP contribution in [0.5, 0.6) is 0 Å². The first-order valence-electron chi connectivity index (χ1n) is 5.37. The number of ether oxygens (including phenoxy) is 1. The molecular formula is C11H16N2O5. The minimum absolute atomic E-state index is 0.0772. The van der Waals surface area contributed by atoms with Crippen LogP contribution in [-0.4, -0.2) is 27.8 Å². The standard InChI is InChI=1S/C11H16N2O5/c1-6(13-10(16)18-11(2,3)4)8-7(9(14)15)12-5-17-8/h5-6H,1-4H3,(H,13,16)(H,14,15)/t6-/m1/s1. The number of carbonyl (C=O) groups is 2. The first-order chi connectivity index (χ1) is 8.20. The summed E-state index contributed by atoms with van der Waals surface area (Å²) in [5, 5.41) is 11.3. The number of oxazole rings is 1. The fourth-order valence-corrected chi connectivity index (χ4v) is 1.27. The van der Waals surface area contributed by atoms with E-state index in [-0.39, 0.29) is 11.5 Å². The second kappa shape index (κ2) is 5.07. The fraction of sp³-hybridized carbons (Fsp3) is 0.545. The molecule has 1 amide bonds. The van der Waals surface area contributed by atoms with Crippen LogP contribution in [-0.2, 0) is 4.74 Å². The summed E-state index contributed by atoms with van der Waals surface area (Å²) >= 11 is 0. The van der Waals surface area contributed by atoms with Crippen molar-refractivity contribution in [3.05, 3.63) is 17.8 Å². The van der Waals surface area contributed by atoms with Gasteiger partial charge in [0.2, 0.25) is 0 Å². The van der Waals surface area contributed by atoms with E-state index in [2.05, 4.69) is 10.3 Å². The summed E-state index contributed by atoms with van der Waals surface area (Å²) in [5.74, 6) is -1.13. The summed E-state index contributed by atoms with van der Waals surface area (Å²) in [5.41, 5.74) is -0.848. The lowest BCUT2D eigenvalue weighted by Crippen LogP contribution is -2.34. The highest BCUT2D eigenvalue weighted by Gasteiger charge is 2.24. The molecule has 0 saturated heterocycles. The molecule has 0 spiro atoms. The number of hydrogen-bond acceptors (Lipinski definition) is 5. The monoisotopic (exact) mass is 256 g/mol. The third kappa shape index (κ3) is 3.76. The minimum atomic E-state index is -1.21. The van der Waals surface area contributed by atoms with Gasteiger partial charge in [0.1, 0.15) is 5.60 Å². The lowest BCUT2D eigenvalue weighted by atomic mass is 10.2. The quantitative estimate of drug-likeness (QED) is 0.857. The van der Waals surface area contributed by atoms with Crippen molar-refractivity contribution in [3.63, 3.8) is 0 Å². The molecule has 0 aliphatic rings. The van der Waals surface area contributed by atoms with Crippen molar-refractivity contribution in [1.29, 1.82) is 0 Å². The average molecular weight is 256 g/mol. The summed E-state index contributed by atoms with van der Waals surface area (Å²) in [4.78, 5) is 25.9. The van der Waals surface area contributed by atoms with Gasteiger partial charge in [-0.15, -0.1) is 0 Å². The maximum absolute atomic E-state index is 11.5. The van der Waals surface area contributed by atoms with Gasteiger partial charge >= 0.3 is 12.1 Å². The van der Waals surface area contributed by atoms with Crippen LogP contribution < -0.4 is 5.32 Å². The summed E-state index contributed by atoms with van der Waals surface area (Å²) in [7, 11) is 0. The van der Waals surface area contributed by atoms with E-state index in [1.807, 2.05) is 0 Å². The highest BCUT2D eigenvalue weighted by molar-refractivity contribution is 5.86. The number of nitrogens with one attached hydrogen (secondary N) is 1. The molecule has 0 radical (unpaired) electrons. The first-order valence-corrected chi connectivity index (χ1v) is 5.37. The van der Waals surface area contributed by atoms with E-state index in [1.165, 1.54) is 0 Å². The molecule has 0 saturated carbocycles. The molecule has 2 N–H and O–H groups in total. The maximum atomic E-state index is 11.5. The zero-order chi connectivity index (χ0) is 13.9. The molecule has 0 aliphatic heterocycles. The molecule has 0 fully saturated rings. The highest BCUT2D eigenvalue weighted by atomic mass is 16.6. The van der Waals surface area contributed by atoms with E-state index in [1.54, 1.807) is 27.7 Å². The SMILES string of the molecule is C[C@@H](NC(=O)OC(C)(C)C)c1ocnc1C(=O)O. The van der Waals surface area contributed by atoms with Crippen molar-refractivity contribution in [3.8, 4) is 0 Å². The predicted molar refractivity (Wildman–Crippen MR) is 61.2 cm³/mol. The van der Waals surface area contributed by atoms with Crippen molar-refractivity contribution in [2.75, 3.05) is 0 Å². The largest absolute Gasteiger partial charge is 0.476 e. The van der Waals surface area contributed by atoms with Crippen molar-refractivity contribution < 1.29 is 23.8 Å². The van der Waals surface area contributed by atoms with Crippen LogP contribution in [0.3, 0.4) is 0 Å². The smallest absolute Gasteiger partial charge is 0.408 e. The molecule has 1 atom stereocenters. The van der Waals surface area contributed by atoms with Crippen LogP contribution in [0.4, 0.5) is 4.79 Å². The lowest BCUT2D eigenvalue weighted by Gasteiger charge is -2.21. The third-order valence-electron chi connectivity index (χ3n) is 1.92. The number of carboxylic acids is 1.